The van der Waals surface area contributed by atoms with E-state index in [4.69, 9.17) is 24.3 Å². The van der Waals surface area contributed by atoms with Gasteiger partial charge in [0, 0.05) is 45.5 Å². The predicted octanol–water partition coefficient (Wildman–Crippen LogP) is 5.11. The second kappa shape index (κ2) is 12.8. The summed E-state index contributed by atoms with van der Waals surface area (Å²) >= 11 is 1.61. The van der Waals surface area contributed by atoms with Gasteiger partial charge in [0.25, 0.3) is 0 Å². The van der Waals surface area contributed by atoms with Crippen LogP contribution in [-0.2, 0) is 0 Å². The van der Waals surface area contributed by atoms with Crippen LogP contribution in [0.2, 0.25) is 0 Å². The lowest BCUT2D eigenvalue weighted by molar-refractivity contribution is 0.0824. The molecule has 9 heteroatoms. The number of aryl methyl sites for hydroxylation is 1. The first kappa shape index (κ1) is 28.2. The summed E-state index contributed by atoms with van der Waals surface area (Å²) in [6.45, 7) is 1.74. The summed E-state index contributed by atoms with van der Waals surface area (Å²) < 4.78 is 17.5. The average Bonchev–Trinajstić information content (AvgIpc) is 3.40. The molecule has 0 unspecified atom stereocenters. The number of methoxy groups -OCH3 is 2. The number of Topliss-reactive ketones (excluding diaryl/α,β-unsaturated/α-hetero) is 2. The van der Waals surface area contributed by atoms with Crippen molar-refractivity contribution >= 4 is 33.0 Å². The quantitative estimate of drug-likeness (QED) is 0.221. The first-order valence-corrected chi connectivity index (χ1v) is 13.4. The molecule has 0 aliphatic heterocycles. The number of ketones is 2. The van der Waals surface area contributed by atoms with Crippen molar-refractivity contribution in [3.63, 3.8) is 0 Å². The molecule has 0 radical (unpaired) electrons. The van der Waals surface area contributed by atoms with E-state index in [1.165, 1.54) is 7.11 Å². The highest BCUT2D eigenvalue weighted by molar-refractivity contribution is 7.18. The van der Waals surface area contributed by atoms with E-state index in [9.17, 15) is 14.7 Å². The molecule has 2 N–H and O–H groups in total. The molecule has 2 heterocycles. The van der Waals surface area contributed by atoms with Crippen molar-refractivity contribution in [2.75, 3.05) is 34.0 Å². The van der Waals surface area contributed by atoms with Gasteiger partial charge >= 0.3 is 0 Å². The van der Waals surface area contributed by atoms with E-state index >= 15 is 0 Å². The number of carbonyl (C=O) groups excluding carboxylic acids is 2. The maximum atomic E-state index is 13.6. The van der Waals surface area contributed by atoms with Crippen LogP contribution in [0, 0.1) is 12.8 Å². The van der Waals surface area contributed by atoms with E-state index < -0.39 is 5.92 Å². The minimum atomic E-state index is -0.769. The van der Waals surface area contributed by atoms with Crippen molar-refractivity contribution in [3.05, 3.63) is 70.7 Å². The molecular formula is C30H31NO7S. The number of aromatic nitrogens is 1. The molecule has 8 nitrogen and oxygen atoms in total. The van der Waals surface area contributed by atoms with Gasteiger partial charge in [0.15, 0.2) is 23.1 Å². The van der Waals surface area contributed by atoms with Gasteiger partial charge in [-0.25, -0.2) is 4.98 Å². The summed E-state index contributed by atoms with van der Waals surface area (Å²) in [4.78, 5) is 31.5. The molecule has 0 aliphatic carbocycles. The lowest BCUT2D eigenvalue weighted by atomic mass is 9.90. The van der Waals surface area contributed by atoms with Crippen LogP contribution in [0.3, 0.4) is 0 Å². The Hall–Kier alpha value is -3.79. The third kappa shape index (κ3) is 6.11. The number of benzene rings is 2. The topological polar surface area (TPSA) is 115 Å². The van der Waals surface area contributed by atoms with Crippen molar-refractivity contribution in [1.82, 2.24) is 4.98 Å². The first-order valence-electron chi connectivity index (χ1n) is 12.5. The summed E-state index contributed by atoms with van der Waals surface area (Å²) in [5.74, 6) is -0.0860. The van der Waals surface area contributed by atoms with Gasteiger partial charge < -0.3 is 24.4 Å². The van der Waals surface area contributed by atoms with Gasteiger partial charge in [0.05, 0.1) is 20.8 Å². The number of aliphatic hydroxyl groups is 2. The largest absolute Gasteiger partial charge is 0.494 e. The van der Waals surface area contributed by atoms with Crippen molar-refractivity contribution in [1.29, 1.82) is 0 Å². The molecule has 1 atom stereocenters. The van der Waals surface area contributed by atoms with Crippen LogP contribution in [0.1, 0.15) is 39.3 Å². The molecule has 0 aliphatic rings. The molecule has 0 bridgehead atoms. The van der Waals surface area contributed by atoms with E-state index in [2.05, 4.69) is 13.0 Å². The molecule has 2 aromatic carbocycles. The highest BCUT2D eigenvalue weighted by Gasteiger charge is 2.26. The van der Waals surface area contributed by atoms with Crippen LogP contribution in [0.4, 0.5) is 0 Å². The molecule has 0 saturated heterocycles. The van der Waals surface area contributed by atoms with E-state index in [0.29, 0.717) is 28.5 Å². The lowest BCUT2D eigenvalue weighted by Crippen LogP contribution is -2.21. The van der Waals surface area contributed by atoms with E-state index in [0.717, 1.165) is 21.2 Å². The van der Waals surface area contributed by atoms with E-state index in [1.54, 1.807) is 48.8 Å². The monoisotopic (exact) mass is 549 g/mol. The number of fused-ring (bicyclic) bond motifs is 1. The van der Waals surface area contributed by atoms with Crippen LogP contribution in [0.25, 0.3) is 21.3 Å². The van der Waals surface area contributed by atoms with Crippen molar-refractivity contribution in [2.24, 2.45) is 5.92 Å². The fourth-order valence-electron chi connectivity index (χ4n) is 4.48. The molecule has 0 saturated carbocycles. The lowest BCUT2D eigenvalue weighted by Gasteiger charge is -2.16. The van der Waals surface area contributed by atoms with Gasteiger partial charge in [0.2, 0.25) is 0 Å². The van der Waals surface area contributed by atoms with Crippen molar-refractivity contribution in [2.45, 2.75) is 19.8 Å². The highest BCUT2D eigenvalue weighted by atomic mass is 32.1. The zero-order valence-corrected chi connectivity index (χ0v) is 22.9. The maximum Gasteiger partial charge on any atom is 0.184 e. The van der Waals surface area contributed by atoms with Gasteiger partial charge in [-0.05, 0) is 49.2 Å². The predicted molar refractivity (Wildman–Crippen MR) is 150 cm³/mol. The van der Waals surface area contributed by atoms with Gasteiger partial charge in [0.1, 0.15) is 23.7 Å². The van der Waals surface area contributed by atoms with Gasteiger partial charge in [-0.3, -0.25) is 9.59 Å². The second-order valence-corrected chi connectivity index (χ2v) is 9.87. The molecule has 204 valence electrons. The number of nitrogens with zero attached hydrogens (tertiary/aromatic N) is 1. The molecule has 0 amide bonds. The van der Waals surface area contributed by atoms with Crippen molar-refractivity contribution < 1.29 is 34.0 Å². The second-order valence-electron chi connectivity index (χ2n) is 8.99. The molecule has 0 fully saturated rings. The fourth-order valence-corrected chi connectivity index (χ4v) is 5.51. The van der Waals surface area contributed by atoms with Gasteiger partial charge in [-0.1, -0.05) is 18.2 Å². The highest BCUT2D eigenvalue weighted by Crippen LogP contribution is 2.39. The van der Waals surface area contributed by atoms with Crippen LogP contribution < -0.4 is 14.2 Å². The number of hydrogen-bond acceptors (Lipinski definition) is 9. The molecule has 0 spiro atoms. The Bertz CT molecular complexity index is 1480. The molecule has 39 heavy (non-hydrogen) atoms. The molecule has 2 aromatic heterocycles. The molecular weight excluding hydrogens is 518 g/mol. The minimum absolute atomic E-state index is 0.0916. The number of pyridine rings is 1. The van der Waals surface area contributed by atoms with Gasteiger partial charge in [-0.15, -0.1) is 11.3 Å². The number of ether oxygens (including phenoxy) is 3. The summed E-state index contributed by atoms with van der Waals surface area (Å²) in [7, 11) is 3.02. The number of rotatable bonds is 13. The van der Waals surface area contributed by atoms with Crippen LogP contribution in [0.15, 0.2) is 53.9 Å². The molecule has 4 aromatic rings. The Kier molecular flexibility index (Phi) is 9.29. The minimum Gasteiger partial charge on any atom is -0.494 e. The smallest absolute Gasteiger partial charge is 0.184 e. The van der Waals surface area contributed by atoms with E-state index in [1.807, 2.05) is 17.5 Å². The Morgan fingerprint density at radius 3 is 2.46 bits per heavy atom. The fraction of sp³-hybridized carbons (Fsp3) is 0.300. The normalized spacial score (nSPS) is 11.8. The Morgan fingerprint density at radius 1 is 0.974 bits per heavy atom. The Morgan fingerprint density at radius 2 is 1.74 bits per heavy atom. The average molecular weight is 550 g/mol. The summed E-state index contributed by atoms with van der Waals surface area (Å²) in [5, 5.41) is 21.7. The summed E-state index contributed by atoms with van der Waals surface area (Å²) in [6, 6.07) is 14.1. The zero-order valence-electron chi connectivity index (χ0n) is 22.1. The third-order valence-corrected chi connectivity index (χ3v) is 7.63. The number of thiophene rings is 1. The zero-order chi connectivity index (χ0) is 27.9. The molecule has 4 rings (SSSR count). The summed E-state index contributed by atoms with van der Waals surface area (Å²) in [6.07, 6.45) is 0.00598. The number of carbonyl (C=O) groups is 2. The summed E-state index contributed by atoms with van der Waals surface area (Å²) in [5.41, 5.74) is 3.13. The van der Waals surface area contributed by atoms with Gasteiger partial charge in [-0.2, -0.15) is 0 Å². The maximum absolute atomic E-state index is 13.6. The van der Waals surface area contributed by atoms with Crippen LogP contribution in [0.5, 0.6) is 17.2 Å². The first-order chi connectivity index (χ1) is 18.9. The number of aliphatic hydroxyl groups excluding tert-OH is 2. The SMILES string of the molecule is COc1cc(C(=O)C[C@@H](CCO)C(=O)c2ccc(OC)c(-c3csc4c(C)cccc34)n2)ccc1OCCO. The number of hydrogen-bond donors (Lipinski definition) is 2. The van der Waals surface area contributed by atoms with E-state index in [-0.39, 0.29) is 49.9 Å². The van der Waals surface area contributed by atoms with Crippen LogP contribution >= 0.6 is 11.3 Å². The third-order valence-electron chi connectivity index (χ3n) is 6.50. The van der Waals surface area contributed by atoms with Crippen molar-refractivity contribution in [3.8, 4) is 28.5 Å². The Balaban J connectivity index is 1.63. The van der Waals surface area contributed by atoms with Crippen LogP contribution in [-0.4, -0.2) is 60.8 Å². The Labute approximate surface area is 230 Å². The standard InChI is InChI=1S/C30H31NO7S/c1-18-5-4-6-21-22(17-39-30(18)21)28-26(36-2)10-8-23(31-28)29(35)20(11-12-32)15-24(34)19-7-9-25(38-14-13-33)27(16-19)37-3/h4-10,16-17,20,32-33H,11-15H2,1-3H3/t20-/m1/s1.